The van der Waals surface area contributed by atoms with Crippen LogP contribution in [0.3, 0.4) is 0 Å². The highest BCUT2D eigenvalue weighted by Crippen LogP contribution is 2.09. The Bertz CT molecular complexity index is 551. The molecule has 0 saturated carbocycles. The molecule has 0 radical (unpaired) electrons. The van der Waals surface area contributed by atoms with Gasteiger partial charge in [0.15, 0.2) is 0 Å². The fourth-order valence-corrected chi connectivity index (χ4v) is 1.70. The predicted molar refractivity (Wildman–Crippen MR) is 84.9 cm³/mol. The van der Waals surface area contributed by atoms with Gasteiger partial charge in [-0.05, 0) is 32.9 Å². The van der Waals surface area contributed by atoms with Crippen molar-refractivity contribution in [2.24, 2.45) is 0 Å². The number of ether oxygens (including phenoxy) is 2. The minimum atomic E-state index is -1.13. The lowest BCUT2D eigenvalue weighted by molar-refractivity contribution is -0.144. The monoisotopic (exact) mass is 322 g/mol. The Kier molecular flexibility index (Phi) is 6.56. The summed E-state index contributed by atoms with van der Waals surface area (Å²) in [5, 5.41) is 4.98. The van der Waals surface area contributed by atoms with E-state index in [9.17, 15) is 14.4 Å². The van der Waals surface area contributed by atoms with Crippen LogP contribution in [0.25, 0.3) is 0 Å². The van der Waals surface area contributed by atoms with Crippen molar-refractivity contribution >= 4 is 23.7 Å². The molecule has 1 rings (SSSR count). The highest BCUT2D eigenvalue weighted by molar-refractivity contribution is 5.95. The Morgan fingerprint density at radius 2 is 1.74 bits per heavy atom. The number of alkyl carbamates (subject to hydrolysis) is 1. The molecular weight excluding hydrogens is 300 g/mol. The minimum Gasteiger partial charge on any atom is -0.467 e. The first-order valence-electron chi connectivity index (χ1n) is 7.13. The summed E-state index contributed by atoms with van der Waals surface area (Å²) in [6, 6.07) is 7.66. The van der Waals surface area contributed by atoms with Crippen LogP contribution in [0.15, 0.2) is 30.3 Å². The summed E-state index contributed by atoms with van der Waals surface area (Å²) in [5.41, 5.74) is -0.116. The molecule has 126 valence electrons. The van der Waals surface area contributed by atoms with Crippen molar-refractivity contribution in [2.45, 2.75) is 38.8 Å². The average molecular weight is 322 g/mol. The van der Waals surface area contributed by atoms with Gasteiger partial charge >= 0.3 is 12.1 Å². The molecule has 0 aliphatic carbocycles. The normalized spacial score (nSPS) is 12.0. The fraction of sp³-hybridized carbons (Fsp3) is 0.438. The number of nitrogens with one attached hydrogen (secondary N) is 2. The molecule has 0 saturated heterocycles. The number of carbonyl (C=O) groups excluding carboxylic acids is 3. The van der Waals surface area contributed by atoms with Crippen LogP contribution in [0.2, 0.25) is 0 Å². The van der Waals surface area contributed by atoms with Crippen molar-refractivity contribution in [3.05, 3.63) is 30.3 Å². The molecule has 0 bridgehead atoms. The molecule has 0 aliphatic heterocycles. The fourth-order valence-electron chi connectivity index (χ4n) is 1.70. The number of para-hydroxylation sites is 1. The SMILES string of the molecule is COC(=O)[C@H](CC(=O)Nc1ccccc1)NC(=O)OC(C)(C)C. The molecule has 0 fully saturated rings. The zero-order chi connectivity index (χ0) is 17.5. The third-order valence-corrected chi connectivity index (χ3v) is 2.62. The van der Waals surface area contributed by atoms with Crippen LogP contribution in [-0.4, -0.2) is 36.7 Å². The lowest BCUT2D eigenvalue weighted by atomic mass is 10.2. The Balaban J connectivity index is 2.66. The van der Waals surface area contributed by atoms with Crippen LogP contribution < -0.4 is 10.6 Å². The predicted octanol–water partition coefficient (Wildman–Crippen LogP) is 2.08. The topological polar surface area (TPSA) is 93.7 Å². The first-order valence-corrected chi connectivity index (χ1v) is 7.13. The van der Waals surface area contributed by atoms with E-state index in [1.54, 1.807) is 45.0 Å². The van der Waals surface area contributed by atoms with E-state index in [4.69, 9.17) is 4.74 Å². The maximum atomic E-state index is 12.0. The molecule has 7 nitrogen and oxygen atoms in total. The van der Waals surface area contributed by atoms with Crippen LogP contribution in [0.4, 0.5) is 10.5 Å². The molecule has 2 N–H and O–H groups in total. The molecule has 1 atom stereocenters. The van der Waals surface area contributed by atoms with Crippen LogP contribution in [0, 0.1) is 0 Å². The summed E-state index contributed by atoms with van der Waals surface area (Å²) in [6.07, 6.45) is -1.05. The van der Waals surface area contributed by atoms with Crippen LogP contribution in [0.1, 0.15) is 27.2 Å². The number of amides is 2. The van der Waals surface area contributed by atoms with E-state index >= 15 is 0 Å². The second kappa shape index (κ2) is 8.17. The maximum absolute atomic E-state index is 12.0. The molecule has 7 heteroatoms. The summed E-state index contributed by atoms with van der Waals surface area (Å²) in [6.45, 7) is 5.09. The number of anilines is 1. The van der Waals surface area contributed by atoms with Gasteiger partial charge in [0.05, 0.1) is 13.5 Å². The van der Waals surface area contributed by atoms with Gasteiger partial charge in [-0.25, -0.2) is 9.59 Å². The smallest absolute Gasteiger partial charge is 0.408 e. The molecule has 0 aromatic heterocycles. The number of hydrogen-bond acceptors (Lipinski definition) is 5. The van der Waals surface area contributed by atoms with Gasteiger partial charge in [0.1, 0.15) is 11.6 Å². The van der Waals surface area contributed by atoms with Crippen molar-refractivity contribution in [2.75, 3.05) is 12.4 Å². The highest BCUT2D eigenvalue weighted by Gasteiger charge is 2.27. The Morgan fingerprint density at radius 3 is 2.26 bits per heavy atom. The van der Waals surface area contributed by atoms with Gasteiger partial charge in [-0.1, -0.05) is 18.2 Å². The zero-order valence-electron chi connectivity index (χ0n) is 13.7. The zero-order valence-corrected chi connectivity index (χ0v) is 13.7. The second-order valence-electron chi connectivity index (χ2n) is 5.84. The number of methoxy groups -OCH3 is 1. The van der Waals surface area contributed by atoms with E-state index in [-0.39, 0.29) is 6.42 Å². The van der Waals surface area contributed by atoms with Crippen LogP contribution in [0.5, 0.6) is 0 Å². The Morgan fingerprint density at radius 1 is 1.13 bits per heavy atom. The van der Waals surface area contributed by atoms with Crippen molar-refractivity contribution in [1.29, 1.82) is 0 Å². The molecule has 0 spiro atoms. The Labute approximate surface area is 135 Å². The van der Waals surface area contributed by atoms with E-state index in [1.165, 1.54) is 7.11 Å². The van der Waals surface area contributed by atoms with Crippen LogP contribution in [-0.2, 0) is 19.1 Å². The van der Waals surface area contributed by atoms with Gasteiger partial charge in [0, 0.05) is 5.69 Å². The quantitative estimate of drug-likeness (QED) is 0.810. The average Bonchev–Trinajstić information content (AvgIpc) is 2.44. The summed E-state index contributed by atoms with van der Waals surface area (Å²) < 4.78 is 9.68. The summed E-state index contributed by atoms with van der Waals surface area (Å²) >= 11 is 0. The number of hydrogen-bond donors (Lipinski definition) is 2. The van der Waals surface area contributed by atoms with Gasteiger partial charge in [-0.3, -0.25) is 4.79 Å². The Hall–Kier alpha value is -2.57. The second-order valence-corrected chi connectivity index (χ2v) is 5.84. The van der Waals surface area contributed by atoms with Gasteiger partial charge in [0.25, 0.3) is 0 Å². The van der Waals surface area contributed by atoms with E-state index in [1.807, 2.05) is 6.07 Å². The molecule has 23 heavy (non-hydrogen) atoms. The summed E-state index contributed by atoms with van der Waals surface area (Å²) in [5.74, 6) is -1.15. The van der Waals surface area contributed by atoms with E-state index in [0.29, 0.717) is 5.69 Å². The molecule has 2 amide bonds. The largest absolute Gasteiger partial charge is 0.467 e. The summed E-state index contributed by atoms with van der Waals surface area (Å²) in [7, 11) is 1.18. The third-order valence-electron chi connectivity index (χ3n) is 2.62. The van der Waals surface area contributed by atoms with Crippen molar-refractivity contribution in [3.63, 3.8) is 0 Å². The number of rotatable bonds is 5. The minimum absolute atomic E-state index is 0.263. The van der Waals surface area contributed by atoms with Crippen LogP contribution >= 0.6 is 0 Å². The number of carbonyl (C=O) groups is 3. The van der Waals surface area contributed by atoms with E-state index < -0.39 is 29.6 Å². The van der Waals surface area contributed by atoms with Gasteiger partial charge in [-0.2, -0.15) is 0 Å². The standard InChI is InChI=1S/C16H22N2O5/c1-16(2,3)23-15(21)18-12(14(20)22-4)10-13(19)17-11-8-6-5-7-9-11/h5-9,12H,10H2,1-4H3,(H,17,19)(H,18,21)/t12-/m0/s1. The molecule has 0 unspecified atom stereocenters. The van der Waals surface area contributed by atoms with E-state index in [2.05, 4.69) is 15.4 Å². The summed E-state index contributed by atoms with van der Waals surface area (Å²) in [4.78, 5) is 35.5. The number of esters is 1. The van der Waals surface area contributed by atoms with Gasteiger partial charge in [-0.15, -0.1) is 0 Å². The molecule has 1 aromatic carbocycles. The third kappa shape index (κ3) is 7.30. The molecular formula is C16H22N2O5. The van der Waals surface area contributed by atoms with Crippen molar-refractivity contribution in [3.8, 4) is 0 Å². The lowest BCUT2D eigenvalue weighted by Crippen LogP contribution is -2.45. The first kappa shape index (κ1) is 18.5. The molecule has 0 heterocycles. The first-order chi connectivity index (χ1) is 10.7. The van der Waals surface area contributed by atoms with Crippen molar-refractivity contribution in [1.82, 2.24) is 5.32 Å². The van der Waals surface area contributed by atoms with Gasteiger partial charge in [0.2, 0.25) is 5.91 Å². The number of benzene rings is 1. The highest BCUT2D eigenvalue weighted by atomic mass is 16.6. The molecule has 1 aromatic rings. The molecule has 0 aliphatic rings. The van der Waals surface area contributed by atoms with E-state index in [0.717, 1.165) is 0 Å². The lowest BCUT2D eigenvalue weighted by Gasteiger charge is -2.22. The maximum Gasteiger partial charge on any atom is 0.408 e. The van der Waals surface area contributed by atoms with Crippen molar-refractivity contribution < 1.29 is 23.9 Å². The van der Waals surface area contributed by atoms with Gasteiger partial charge < -0.3 is 20.1 Å².